The molecule has 2 aliphatic rings. The number of rotatable bonds is 4. The summed E-state index contributed by atoms with van der Waals surface area (Å²) in [5.74, 6) is 0.563. The summed E-state index contributed by atoms with van der Waals surface area (Å²) in [7, 11) is 1.59. The number of benzene rings is 2. The number of halogens is 1. The van der Waals surface area contributed by atoms with Crippen LogP contribution in [0.5, 0.6) is 5.75 Å². The third kappa shape index (κ3) is 4.18. The van der Waals surface area contributed by atoms with Gasteiger partial charge in [-0.25, -0.2) is 4.39 Å². The smallest absolute Gasteiger partial charge is 0.253 e. The zero-order valence-electron chi connectivity index (χ0n) is 17.2. The lowest BCUT2D eigenvalue weighted by molar-refractivity contribution is -0.137. The summed E-state index contributed by atoms with van der Waals surface area (Å²) in [6, 6.07) is 13.8. The van der Waals surface area contributed by atoms with Gasteiger partial charge in [0, 0.05) is 31.2 Å². The van der Waals surface area contributed by atoms with Crippen molar-refractivity contribution in [3.63, 3.8) is 0 Å². The van der Waals surface area contributed by atoms with Crippen molar-refractivity contribution in [2.75, 3.05) is 26.7 Å². The van der Waals surface area contributed by atoms with Crippen molar-refractivity contribution in [2.24, 2.45) is 5.92 Å². The molecule has 2 atom stereocenters. The number of carbonyl (C=O) groups is 2. The van der Waals surface area contributed by atoms with Gasteiger partial charge < -0.3 is 14.5 Å². The number of amides is 2. The number of carbonyl (C=O) groups excluding carboxylic acids is 2. The SMILES string of the molecule is COc1cccc(C(=O)N2CC[C@@H]3[C@H](CCCN3C(=O)Cc3ccccc3F)C2)c1. The first kappa shape index (κ1) is 20.4. The number of piperidine rings is 2. The van der Waals surface area contributed by atoms with E-state index in [1.54, 1.807) is 31.4 Å². The summed E-state index contributed by atoms with van der Waals surface area (Å²) in [6.45, 7) is 1.96. The summed E-state index contributed by atoms with van der Waals surface area (Å²) in [5.41, 5.74) is 1.06. The van der Waals surface area contributed by atoms with E-state index in [2.05, 4.69) is 0 Å². The average Bonchev–Trinajstić information content (AvgIpc) is 2.79. The van der Waals surface area contributed by atoms with Crippen LogP contribution in [0.3, 0.4) is 0 Å². The molecule has 0 saturated carbocycles. The Morgan fingerprint density at radius 2 is 1.93 bits per heavy atom. The van der Waals surface area contributed by atoms with Crippen LogP contribution in [0.25, 0.3) is 0 Å². The highest BCUT2D eigenvalue weighted by Crippen LogP contribution is 2.32. The largest absolute Gasteiger partial charge is 0.497 e. The lowest BCUT2D eigenvalue weighted by Gasteiger charge is -2.47. The summed E-state index contributed by atoms with van der Waals surface area (Å²) in [4.78, 5) is 29.7. The van der Waals surface area contributed by atoms with Crippen LogP contribution in [-0.4, -0.2) is 54.4 Å². The highest BCUT2D eigenvalue weighted by molar-refractivity contribution is 5.94. The fraction of sp³-hybridized carbons (Fsp3) is 0.417. The Hall–Kier alpha value is -2.89. The quantitative estimate of drug-likeness (QED) is 0.775. The van der Waals surface area contributed by atoms with Gasteiger partial charge in [-0.15, -0.1) is 0 Å². The van der Waals surface area contributed by atoms with Crippen molar-refractivity contribution < 1.29 is 18.7 Å². The van der Waals surface area contributed by atoms with E-state index in [4.69, 9.17) is 4.74 Å². The van der Waals surface area contributed by atoms with E-state index >= 15 is 0 Å². The molecule has 2 amide bonds. The molecule has 2 heterocycles. The third-order valence-electron chi connectivity index (χ3n) is 6.29. The summed E-state index contributed by atoms with van der Waals surface area (Å²) >= 11 is 0. The predicted molar refractivity (Wildman–Crippen MR) is 112 cm³/mol. The molecular formula is C24H27FN2O3. The molecule has 6 heteroatoms. The number of ether oxygens (including phenoxy) is 1. The molecule has 5 nitrogen and oxygen atoms in total. The van der Waals surface area contributed by atoms with Crippen LogP contribution < -0.4 is 4.74 Å². The van der Waals surface area contributed by atoms with Crippen LogP contribution in [0.2, 0.25) is 0 Å². The molecule has 0 aromatic heterocycles. The van der Waals surface area contributed by atoms with Gasteiger partial charge in [-0.3, -0.25) is 9.59 Å². The number of likely N-dealkylation sites (tertiary alicyclic amines) is 2. The van der Waals surface area contributed by atoms with E-state index in [1.165, 1.54) is 6.07 Å². The van der Waals surface area contributed by atoms with Gasteiger partial charge in [-0.1, -0.05) is 24.3 Å². The Bertz CT molecular complexity index is 932. The second kappa shape index (κ2) is 8.86. The maximum atomic E-state index is 14.0. The van der Waals surface area contributed by atoms with E-state index in [9.17, 15) is 14.0 Å². The number of fused-ring (bicyclic) bond motifs is 1. The van der Waals surface area contributed by atoms with E-state index in [0.29, 0.717) is 36.5 Å². The highest BCUT2D eigenvalue weighted by Gasteiger charge is 2.39. The number of hydrogen-bond acceptors (Lipinski definition) is 3. The second-order valence-corrected chi connectivity index (χ2v) is 8.10. The predicted octanol–water partition coefficient (Wildman–Crippen LogP) is 3.53. The molecule has 0 spiro atoms. The molecule has 0 bridgehead atoms. The van der Waals surface area contributed by atoms with Gasteiger partial charge in [-0.05, 0) is 55.0 Å². The molecule has 0 unspecified atom stereocenters. The molecular weight excluding hydrogens is 383 g/mol. The average molecular weight is 410 g/mol. The lowest BCUT2D eigenvalue weighted by Crippen LogP contribution is -2.57. The first-order valence-electron chi connectivity index (χ1n) is 10.5. The fourth-order valence-corrected chi connectivity index (χ4v) is 4.74. The van der Waals surface area contributed by atoms with Gasteiger partial charge in [0.05, 0.1) is 13.5 Å². The molecule has 30 heavy (non-hydrogen) atoms. The van der Waals surface area contributed by atoms with E-state index in [1.807, 2.05) is 28.0 Å². The molecule has 2 aromatic rings. The molecule has 158 valence electrons. The van der Waals surface area contributed by atoms with Gasteiger partial charge in [0.2, 0.25) is 5.91 Å². The number of hydrogen-bond donors (Lipinski definition) is 0. The second-order valence-electron chi connectivity index (χ2n) is 8.10. The Balaban J connectivity index is 1.43. The first-order valence-corrected chi connectivity index (χ1v) is 10.5. The Morgan fingerprint density at radius 3 is 2.73 bits per heavy atom. The van der Waals surface area contributed by atoms with Gasteiger partial charge in [0.15, 0.2) is 0 Å². The van der Waals surface area contributed by atoms with Crippen molar-refractivity contribution in [2.45, 2.75) is 31.7 Å². The van der Waals surface area contributed by atoms with Gasteiger partial charge in [-0.2, -0.15) is 0 Å². The van der Waals surface area contributed by atoms with Gasteiger partial charge in [0.25, 0.3) is 5.91 Å². The number of methoxy groups -OCH3 is 1. The molecule has 0 radical (unpaired) electrons. The Morgan fingerprint density at radius 1 is 1.10 bits per heavy atom. The standard InChI is InChI=1S/C24H27FN2O3/c1-30-20-9-4-7-18(14-20)24(29)26-13-11-22-19(16-26)8-5-12-27(22)23(28)15-17-6-2-3-10-21(17)25/h2-4,6-7,9-10,14,19,22H,5,8,11-13,15-16H2,1H3/t19-,22-/m1/s1. The summed E-state index contributed by atoms with van der Waals surface area (Å²) in [5, 5.41) is 0. The van der Waals surface area contributed by atoms with Gasteiger partial charge >= 0.3 is 0 Å². The van der Waals surface area contributed by atoms with Crippen LogP contribution in [0.4, 0.5) is 4.39 Å². The normalized spacial score (nSPS) is 21.1. The monoisotopic (exact) mass is 410 g/mol. The zero-order valence-corrected chi connectivity index (χ0v) is 17.2. The molecule has 0 aliphatic carbocycles. The molecule has 2 aromatic carbocycles. The topological polar surface area (TPSA) is 49.9 Å². The highest BCUT2D eigenvalue weighted by atomic mass is 19.1. The first-order chi connectivity index (χ1) is 14.6. The van der Waals surface area contributed by atoms with Crippen LogP contribution in [0.1, 0.15) is 35.2 Å². The van der Waals surface area contributed by atoms with Crippen LogP contribution in [0, 0.1) is 11.7 Å². The third-order valence-corrected chi connectivity index (χ3v) is 6.29. The van der Waals surface area contributed by atoms with Crippen molar-refractivity contribution in [3.05, 3.63) is 65.5 Å². The zero-order chi connectivity index (χ0) is 21.1. The lowest BCUT2D eigenvalue weighted by atomic mass is 9.83. The molecule has 0 N–H and O–H groups in total. The molecule has 2 saturated heterocycles. The van der Waals surface area contributed by atoms with E-state index < -0.39 is 0 Å². The van der Waals surface area contributed by atoms with Crippen LogP contribution >= 0.6 is 0 Å². The Kier molecular flexibility index (Phi) is 6.02. The maximum absolute atomic E-state index is 14.0. The maximum Gasteiger partial charge on any atom is 0.253 e. The molecule has 2 aliphatic heterocycles. The van der Waals surface area contributed by atoms with Crippen molar-refractivity contribution in [3.8, 4) is 5.75 Å². The number of nitrogens with zero attached hydrogens (tertiary/aromatic N) is 2. The Labute approximate surface area is 176 Å². The van der Waals surface area contributed by atoms with Crippen molar-refractivity contribution in [1.82, 2.24) is 9.80 Å². The van der Waals surface area contributed by atoms with Crippen molar-refractivity contribution >= 4 is 11.8 Å². The summed E-state index contributed by atoms with van der Waals surface area (Å²) < 4.78 is 19.2. The molecule has 4 rings (SSSR count). The fourth-order valence-electron chi connectivity index (χ4n) is 4.74. The van der Waals surface area contributed by atoms with Gasteiger partial charge in [0.1, 0.15) is 11.6 Å². The van der Waals surface area contributed by atoms with E-state index in [0.717, 1.165) is 19.3 Å². The van der Waals surface area contributed by atoms with E-state index in [-0.39, 0.29) is 36.0 Å². The minimum atomic E-state index is -0.335. The van der Waals surface area contributed by atoms with Crippen molar-refractivity contribution in [1.29, 1.82) is 0 Å². The van der Waals surface area contributed by atoms with Crippen LogP contribution in [0.15, 0.2) is 48.5 Å². The minimum absolute atomic E-state index is 0.00200. The summed E-state index contributed by atoms with van der Waals surface area (Å²) in [6.07, 6.45) is 2.74. The van der Waals surface area contributed by atoms with Crippen LogP contribution in [-0.2, 0) is 11.2 Å². The molecule has 2 fully saturated rings. The minimum Gasteiger partial charge on any atom is -0.497 e.